The molecule has 0 amide bonds. The summed E-state index contributed by atoms with van der Waals surface area (Å²) in [6.45, 7) is 8.70. The van der Waals surface area contributed by atoms with Gasteiger partial charge in [-0.15, -0.1) is 0 Å². The number of ether oxygens (including phenoxy) is 1. The van der Waals surface area contributed by atoms with Gasteiger partial charge in [-0.1, -0.05) is 13.3 Å². The summed E-state index contributed by atoms with van der Waals surface area (Å²) >= 11 is 0. The predicted molar refractivity (Wildman–Crippen MR) is 73.5 cm³/mol. The second-order valence-corrected chi connectivity index (χ2v) is 5.68. The van der Waals surface area contributed by atoms with Gasteiger partial charge in [0.15, 0.2) is 0 Å². The molecule has 1 fully saturated rings. The zero-order valence-corrected chi connectivity index (χ0v) is 12.5. The summed E-state index contributed by atoms with van der Waals surface area (Å²) < 4.78 is 4.89. The molecule has 1 saturated heterocycles. The molecule has 18 heavy (non-hydrogen) atoms. The van der Waals surface area contributed by atoms with Crippen molar-refractivity contribution in [1.29, 1.82) is 0 Å². The molecule has 3 atom stereocenters. The van der Waals surface area contributed by atoms with Gasteiger partial charge >= 0.3 is 5.97 Å². The maximum Gasteiger partial charge on any atom is 0.325 e. The van der Waals surface area contributed by atoms with Gasteiger partial charge in [-0.2, -0.15) is 0 Å². The number of likely N-dealkylation sites (tertiary alicyclic amines) is 1. The van der Waals surface area contributed by atoms with Crippen LogP contribution in [0.4, 0.5) is 0 Å². The van der Waals surface area contributed by atoms with Crippen LogP contribution in [0.25, 0.3) is 0 Å². The predicted octanol–water partition coefficient (Wildman–Crippen LogP) is 1.65. The maximum atomic E-state index is 11.8. The molecule has 1 heterocycles. The first-order chi connectivity index (χ1) is 8.46. The first-order valence-electron chi connectivity index (χ1n) is 6.98. The van der Waals surface area contributed by atoms with Gasteiger partial charge < -0.3 is 15.0 Å². The van der Waals surface area contributed by atoms with E-state index >= 15 is 0 Å². The minimum atomic E-state index is -0.585. The lowest BCUT2D eigenvalue weighted by molar-refractivity contribution is -0.148. The molecule has 0 aliphatic carbocycles. The van der Waals surface area contributed by atoms with E-state index in [4.69, 9.17) is 4.74 Å². The van der Waals surface area contributed by atoms with Crippen LogP contribution >= 0.6 is 0 Å². The Balaban J connectivity index is 2.57. The normalized spacial score (nSPS) is 25.7. The molecular weight excluding hydrogens is 228 g/mol. The number of likely N-dealkylation sites (N-methyl/N-ethyl adjacent to an activating group) is 1. The van der Waals surface area contributed by atoms with Crippen molar-refractivity contribution in [2.45, 2.75) is 51.6 Å². The summed E-state index contributed by atoms with van der Waals surface area (Å²) in [6, 6.07) is 0.401. The van der Waals surface area contributed by atoms with Crippen LogP contribution in [0.5, 0.6) is 0 Å². The topological polar surface area (TPSA) is 41.6 Å². The highest BCUT2D eigenvalue weighted by molar-refractivity contribution is 5.80. The molecular formula is C14H28N2O2. The third kappa shape index (κ3) is 3.45. The van der Waals surface area contributed by atoms with Crippen LogP contribution in [0.1, 0.15) is 40.0 Å². The van der Waals surface area contributed by atoms with Crippen molar-refractivity contribution in [2.24, 2.45) is 5.92 Å². The van der Waals surface area contributed by atoms with Crippen molar-refractivity contribution in [1.82, 2.24) is 10.2 Å². The molecule has 1 aliphatic heterocycles. The van der Waals surface area contributed by atoms with Gasteiger partial charge in [0, 0.05) is 12.6 Å². The summed E-state index contributed by atoms with van der Waals surface area (Å²) in [7, 11) is 3.27. The number of rotatable bonds is 6. The average Bonchev–Trinajstić information content (AvgIpc) is 2.86. The van der Waals surface area contributed by atoms with Crippen molar-refractivity contribution in [2.75, 3.05) is 27.2 Å². The van der Waals surface area contributed by atoms with E-state index in [0.717, 1.165) is 18.9 Å². The van der Waals surface area contributed by atoms with Crippen LogP contribution < -0.4 is 5.32 Å². The molecule has 0 aromatic rings. The third-order valence-corrected chi connectivity index (χ3v) is 4.41. The Morgan fingerprint density at radius 2 is 2.28 bits per heavy atom. The van der Waals surface area contributed by atoms with Crippen molar-refractivity contribution in [3.63, 3.8) is 0 Å². The van der Waals surface area contributed by atoms with Gasteiger partial charge in [-0.3, -0.25) is 4.79 Å². The average molecular weight is 256 g/mol. The number of nitrogens with zero attached hydrogens (tertiary/aromatic N) is 1. The molecule has 0 aromatic carbocycles. The van der Waals surface area contributed by atoms with E-state index in [0.29, 0.717) is 6.04 Å². The monoisotopic (exact) mass is 256 g/mol. The van der Waals surface area contributed by atoms with Crippen molar-refractivity contribution >= 4 is 5.97 Å². The van der Waals surface area contributed by atoms with Crippen LogP contribution in [0, 0.1) is 5.92 Å². The first kappa shape index (κ1) is 15.4. The Kier molecular flexibility index (Phi) is 5.60. The van der Waals surface area contributed by atoms with Gasteiger partial charge in [0.2, 0.25) is 0 Å². The van der Waals surface area contributed by atoms with Crippen LogP contribution in [0.3, 0.4) is 0 Å². The standard InChI is InChI=1S/C14H28N2O2/c1-6-12-7-8-16(10-12)11(2)9-14(3,15-4)13(17)18-5/h11-12,15H,6-10H2,1-5H3. The van der Waals surface area contributed by atoms with E-state index < -0.39 is 5.54 Å². The molecule has 1 aliphatic rings. The van der Waals surface area contributed by atoms with Crippen molar-refractivity contribution in [3.05, 3.63) is 0 Å². The quantitative estimate of drug-likeness (QED) is 0.734. The molecule has 4 nitrogen and oxygen atoms in total. The van der Waals surface area contributed by atoms with Gasteiger partial charge in [0.1, 0.15) is 5.54 Å². The molecule has 4 heteroatoms. The second kappa shape index (κ2) is 6.53. The third-order valence-electron chi connectivity index (χ3n) is 4.41. The highest BCUT2D eigenvalue weighted by Crippen LogP contribution is 2.25. The lowest BCUT2D eigenvalue weighted by Gasteiger charge is -2.33. The first-order valence-corrected chi connectivity index (χ1v) is 6.98. The second-order valence-electron chi connectivity index (χ2n) is 5.68. The Bertz CT molecular complexity index is 283. The fraction of sp³-hybridized carbons (Fsp3) is 0.929. The Hall–Kier alpha value is -0.610. The minimum Gasteiger partial charge on any atom is -0.468 e. The van der Waals surface area contributed by atoms with E-state index in [9.17, 15) is 4.79 Å². The number of carbonyl (C=O) groups is 1. The lowest BCUT2D eigenvalue weighted by Crippen LogP contribution is -2.52. The van der Waals surface area contributed by atoms with E-state index in [1.165, 1.54) is 26.5 Å². The number of carbonyl (C=O) groups excluding carboxylic acids is 1. The van der Waals surface area contributed by atoms with Crippen LogP contribution in [-0.2, 0) is 9.53 Å². The minimum absolute atomic E-state index is 0.178. The van der Waals surface area contributed by atoms with Crippen LogP contribution in [0.2, 0.25) is 0 Å². The van der Waals surface area contributed by atoms with Crippen LogP contribution in [0.15, 0.2) is 0 Å². The van der Waals surface area contributed by atoms with Gasteiger partial charge in [0.25, 0.3) is 0 Å². The molecule has 106 valence electrons. The zero-order valence-electron chi connectivity index (χ0n) is 12.5. The molecule has 0 spiro atoms. The van der Waals surface area contributed by atoms with Gasteiger partial charge in [-0.25, -0.2) is 0 Å². The highest BCUT2D eigenvalue weighted by atomic mass is 16.5. The Labute approximate surface area is 111 Å². The Morgan fingerprint density at radius 3 is 2.72 bits per heavy atom. The summed E-state index contributed by atoms with van der Waals surface area (Å²) in [5, 5.41) is 3.11. The molecule has 1 rings (SSSR count). The summed E-state index contributed by atoms with van der Waals surface area (Å²) in [4.78, 5) is 14.3. The Morgan fingerprint density at radius 1 is 1.61 bits per heavy atom. The van der Waals surface area contributed by atoms with Crippen molar-refractivity contribution < 1.29 is 9.53 Å². The van der Waals surface area contributed by atoms with Crippen molar-refractivity contribution in [3.8, 4) is 0 Å². The molecule has 0 saturated carbocycles. The number of nitrogens with one attached hydrogen (secondary N) is 1. The van der Waals surface area contributed by atoms with E-state index in [1.54, 1.807) is 0 Å². The van der Waals surface area contributed by atoms with E-state index in [-0.39, 0.29) is 5.97 Å². The smallest absolute Gasteiger partial charge is 0.325 e. The van der Waals surface area contributed by atoms with E-state index in [2.05, 4.69) is 24.1 Å². The molecule has 3 unspecified atom stereocenters. The zero-order chi connectivity index (χ0) is 13.8. The van der Waals surface area contributed by atoms with Crippen LogP contribution in [-0.4, -0.2) is 49.7 Å². The van der Waals surface area contributed by atoms with Gasteiger partial charge in [-0.05, 0) is 46.2 Å². The number of methoxy groups -OCH3 is 1. The summed E-state index contributed by atoms with van der Waals surface area (Å²) in [6.07, 6.45) is 3.32. The fourth-order valence-corrected chi connectivity index (χ4v) is 2.83. The highest BCUT2D eigenvalue weighted by Gasteiger charge is 2.36. The fourth-order valence-electron chi connectivity index (χ4n) is 2.83. The van der Waals surface area contributed by atoms with E-state index in [1.807, 2.05) is 14.0 Å². The number of hydrogen-bond donors (Lipinski definition) is 1. The summed E-state index contributed by atoms with van der Waals surface area (Å²) in [5.41, 5.74) is -0.585. The largest absolute Gasteiger partial charge is 0.468 e. The SMILES string of the molecule is CCC1CCN(C(C)CC(C)(NC)C(=O)OC)C1. The molecule has 1 N–H and O–H groups in total. The summed E-state index contributed by atoms with van der Waals surface area (Å²) in [5.74, 6) is 0.648. The molecule has 0 radical (unpaired) electrons. The molecule has 0 bridgehead atoms. The van der Waals surface area contributed by atoms with Gasteiger partial charge in [0.05, 0.1) is 7.11 Å². The number of esters is 1. The number of hydrogen-bond acceptors (Lipinski definition) is 4. The maximum absolute atomic E-state index is 11.8. The lowest BCUT2D eigenvalue weighted by atomic mass is 9.93. The molecule has 0 aromatic heterocycles.